The van der Waals surface area contributed by atoms with E-state index in [1.54, 1.807) is 7.11 Å². The summed E-state index contributed by atoms with van der Waals surface area (Å²) in [4.78, 5) is 23.2. The van der Waals surface area contributed by atoms with Crippen molar-refractivity contribution >= 4 is 11.7 Å². The molecule has 0 aromatic heterocycles. The van der Waals surface area contributed by atoms with Crippen molar-refractivity contribution in [3.8, 4) is 0 Å². The Balaban J connectivity index is 1.44. The number of hydrogen-bond acceptors (Lipinski definition) is 5. The number of methoxy groups -OCH3 is 1. The molecule has 4 aliphatic carbocycles. The van der Waals surface area contributed by atoms with Crippen LogP contribution in [-0.2, 0) is 9.47 Å². The van der Waals surface area contributed by atoms with Crippen molar-refractivity contribution in [3.05, 3.63) is 64.2 Å². The minimum atomic E-state index is -0.613. The molecule has 0 spiro atoms. The molecule has 0 radical (unpaired) electrons. The second-order valence-corrected chi connectivity index (χ2v) is 8.29. The number of hydrogen-bond donors (Lipinski definition) is 0. The van der Waals surface area contributed by atoms with Crippen molar-refractivity contribution in [3.63, 3.8) is 0 Å². The highest BCUT2D eigenvalue weighted by molar-refractivity contribution is 5.90. The summed E-state index contributed by atoms with van der Waals surface area (Å²) >= 11 is 0. The molecule has 0 aliphatic heterocycles. The highest BCUT2D eigenvalue weighted by atomic mass is 16.6. The van der Waals surface area contributed by atoms with E-state index in [0.717, 1.165) is 12.8 Å². The molecule has 4 aliphatic rings. The molecule has 2 fully saturated rings. The number of nitro groups is 1. The Bertz CT molecular complexity index is 875. The van der Waals surface area contributed by atoms with Gasteiger partial charge in [-0.1, -0.05) is 18.2 Å². The Hall–Kier alpha value is -2.47. The Morgan fingerprint density at radius 2 is 2.00 bits per heavy atom. The molecule has 6 nitrogen and oxygen atoms in total. The molecule has 5 rings (SSSR count). The zero-order valence-corrected chi connectivity index (χ0v) is 15.0. The predicted octanol–water partition coefficient (Wildman–Crippen LogP) is 3.54. The Kier molecular flexibility index (Phi) is 3.41. The number of carbonyl (C=O) groups is 1. The van der Waals surface area contributed by atoms with Crippen LogP contribution in [0.25, 0.3) is 0 Å². The van der Waals surface area contributed by atoms with E-state index >= 15 is 0 Å². The van der Waals surface area contributed by atoms with E-state index in [1.165, 1.54) is 24.3 Å². The van der Waals surface area contributed by atoms with Crippen LogP contribution in [0.2, 0.25) is 0 Å². The summed E-state index contributed by atoms with van der Waals surface area (Å²) in [6.07, 6.45) is 10.7. The number of ether oxygens (including phenoxy) is 2. The molecule has 0 saturated heterocycles. The van der Waals surface area contributed by atoms with Gasteiger partial charge in [0.1, 0.15) is 5.60 Å². The standard InChI is InChI=1S/C21H21NO5/c1-26-12-20-11-21(9-8-13-4-7-16(20)18(20)10-17(13)21)27-19(23)14-2-5-15(6-3-14)22(24)25/h2-9,13,16-18H,10-12H2,1H3/t13-,16-,17-,18+,20+,21+/m1/s1. The predicted molar refractivity (Wildman–Crippen MR) is 97.0 cm³/mol. The normalized spacial score (nSPS) is 39.7. The van der Waals surface area contributed by atoms with E-state index in [1.807, 2.05) is 0 Å². The first kappa shape index (κ1) is 16.7. The Labute approximate surface area is 157 Å². The first-order chi connectivity index (χ1) is 13.0. The van der Waals surface area contributed by atoms with Crippen LogP contribution in [0.15, 0.2) is 48.6 Å². The van der Waals surface area contributed by atoms with Gasteiger partial charge in [0, 0.05) is 36.5 Å². The Morgan fingerprint density at radius 3 is 2.70 bits per heavy atom. The van der Waals surface area contributed by atoms with Crippen LogP contribution in [-0.4, -0.2) is 30.2 Å². The van der Waals surface area contributed by atoms with Crippen molar-refractivity contribution in [2.45, 2.75) is 18.4 Å². The molecule has 0 unspecified atom stereocenters. The quantitative estimate of drug-likeness (QED) is 0.344. The molecule has 0 N–H and O–H groups in total. The summed E-state index contributed by atoms with van der Waals surface area (Å²) in [6.45, 7) is 0.675. The van der Waals surface area contributed by atoms with Gasteiger partial charge < -0.3 is 9.47 Å². The molecule has 1 aromatic carbocycles. The maximum absolute atomic E-state index is 12.8. The van der Waals surface area contributed by atoms with Gasteiger partial charge >= 0.3 is 5.97 Å². The molecular formula is C21H21NO5. The lowest BCUT2D eigenvalue weighted by Crippen LogP contribution is -2.47. The second-order valence-electron chi connectivity index (χ2n) is 8.29. The van der Waals surface area contributed by atoms with Crippen molar-refractivity contribution < 1.29 is 19.2 Å². The van der Waals surface area contributed by atoms with Crippen LogP contribution in [0.3, 0.4) is 0 Å². The van der Waals surface area contributed by atoms with Gasteiger partial charge in [-0.05, 0) is 42.9 Å². The summed E-state index contributed by atoms with van der Waals surface area (Å²) in [6, 6.07) is 5.60. The first-order valence-electron chi connectivity index (χ1n) is 9.33. The Morgan fingerprint density at radius 1 is 1.22 bits per heavy atom. The lowest BCUT2D eigenvalue weighted by molar-refractivity contribution is -0.384. The van der Waals surface area contributed by atoms with Crippen molar-refractivity contribution in [1.82, 2.24) is 0 Å². The van der Waals surface area contributed by atoms with Gasteiger partial charge in [-0.15, -0.1) is 0 Å². The minimum Gasteiger partial charge on any atom is -0.451 e. The number of nitrogens with zero attached hydrogens (tertiary/aromatic N) is 1. The number of nitro benzene ring substituents is 1. The van der Waals surface area contributed by atoms with Crippen LogP contribution in [0.1, 0.15) is 23.2 Å². The van der Waals surface area contributed by atoms with Crippen molar-refractivity contribution in [1.29, 1.82) is 0 Å². The zero-order chi connectivity index (χ0) is 18.8. The first-order valence-corrected chi connectivity index (χ1v) is 9.33. The van der Waals surface area contributed by atoms with Crippen LogP contribution < -0.4 is 0 Å². The highest BCUT2D eigenvalue weighted by Crippen LogP contribution is 2.73. The lowest BCUT2D eigenvalue weighted by atomic mass is 9.69. The molecule has 140 valence electrons. The number of carbonyl (C=O) groups excluding carboxylic acids is 1. The second kappa shape index (κ2) is 5.52. The fourth-order valence-corrected chi connectivity index (χ4v) is 5.83. The monoisotopic (exact) mass is 367 g/mol. The van der Waals surface area contributed by atoms with E-state index in [4.69, 9.17) is 9.47 Å². The average Bonchev–Trinajstić information content (AvgIpc) is 3.17. The fraction of sp³-hybridized carbons (Fsp3) is 0.476. The molecule has 1 aromatic rings. The van der Waals surface area contributed by atoms with Crippen molar-refractivity contribution in [2.24, 2.45) is 29.1 Å². The van der Waals surface area contributed by atoms with E-state index in [0.29, 0.717) is 29.9 Å². The van der Waals surface area contributed by atoms with Gasteiger partial charge in [0.2, 0.25) is 0 Å². The molecule has 2 bridgehead atoms. The van der Waals surface area contributed by atoms with E-state index < -0.39 is 16.5 Å². The minimum absolute atomic E-state index is 0.0386. The van der Waals surface area contributed by atoms with Gasteiger partial charge in [-0.25, -0.2) is 4.79 Å². The number of allylic oxidation sites excluding steroid dienone is 3. The molecule has 27 heavy (non-hydrogen) atoms. The SMILES string of the molecule is COC[C@@]12C[C@@]3(OC(=O)c4ccc([N+](=O)[O-])cc4)C=C[C@H]4C=C[C@@H]1[C@@H]2C[C@H]43. The van der Waals surface area contributed by atoms with Gasteiger partial charge in [0.05, 0.1) is 17.1 Å². The lowest BCUT2D eigenvalue weighted by Gasteiger charge is -2.43. The van der Waals surface area contributed by atoms with Gasteiger partial charge in [0.15, 0.2) is 0 Å². The maximum atomic E-state index is 12.8. The molecule has 0 amide bonds. The van der Waals surface area contributed by atoms with Crippen LogP contribution in [0.5, 0.6) is 0 Å². The summed E-state index contributed by atoms with van der Waals surface area (Å²) in [7, 11) is 1.73. The molecule has 6 atom stereocenters. The third-order valence-corrected chi connectivity index (χ3v) is 7.08. The summed E-state index contributed by atoms with van der Waals surface area (Å²) in [5, 5.41) is 10.8. The van der Waals surface area contributed by atoms with E-state index in [2.05, 4.69) is 24.3 Å². The largest absolute Gasteiger partial charge is 0.451 e. The third-order valence-electron chi connectivity index (χ3n) is 7.08. The van der Waals surface area contributed by atoms with Crippen LogP contribution in [0.4, 0.5) is 5.69 Å². The van der Waals surface area contributed by atoms with Gasteiger partial charge in [0.25, 0.3) is 5.69 Å². The number of fused-ring (bicyclic) bond motifs is 1. The summed E-state index contributed by atoms with van der Waals surface area (Å²) in [5.41, 5.74) is -0.258. The van der Waals surface area contributed by atoms with Crippen molar-refractivity contribution in [2.75, 3.05) is 13.7 Å². The van der Waals surface area contributed by atoms with E-state index in [-0.39, 0.29) is 17.0 Å². The highest BCUT2D eigenvalue weighted by Gasteiger charge is 2.73. The number of esters is 1. The number of rotatable bonds is 5. The summed E-state index contributed by atoms with van der Waals surface area (Å²) < 4.78 is 11.7. The molecule has 0 heterocycles. The number of non-ortho nitro benzene ring substituents is 1. The smallest absolute Gasteiger partial charge is 0.339 e. The zero-order valence-electron chi connectivity index (χ0n) is 15.0. The molecular weight excluding hydrogens is 346 g/mol. The third kappa shape index (κ3) is 2.26. The van der Waals surface area contributed by atoms with Crippen LogP contribution >= 0.6 is 0 Å². The van der Waals surface area contributed by atoms with Gasteiger partial charge in [-0.3, -0.25) is 10.1 Å². The number of benzene rings is 1. The fourth-order valence-electron chi connectivity index (χ4n) is 5.83. The average molecular weight is 367 g/mol. The topological polar surface area (TPSA) is 78.7 Å². The van der Waals surface area contributed by atoms with Crippen LogP contribution in [0, 0.1) is 39.2 Å². The molecule has 2 saturated carbocycles. The molecule has 6 heteroatoms. The maximum Gasteiger partial charge on any atom is 0.339 e. The van der Waals surface area contributed by atoms with Gasteiger partial charge in [-0.2, -0.15) is 0 Å². The van der Waals surface area contributed by atoms with E-state index in [9.17, 15) is 14.9 Å². The summed E-state index contributed by atoms with van der Waals surface area (Å²) in [5.74, 6) is 1.26.